The number of halogens is 1. The van der Waals surface area contributed by atoms with Gasteiger partial charge in [-0.15, -0.1) is 0 Å². The van der Waals surface area contributed by atoms with Gasteiger partial charge in [-0.3, -0.25) is 19.6 Å². The molecule has 230 valence electrons. The number of hydrogen-bond acceptors (Lipinski definition) is 4. The van der Waals surface area contributed by atoms with Gasteiger partial charge in [-0.25, -0.2) is 0 Å². The highest BCUT2D eigenvalue weighted by molar-refractivity contribution is 6.80. The van der Waals surface area contributed by atoms with Crippen molar-refractivity contribution in [3.05, 3.63) is 70.1 Å². The summed E-state index contributed by atoms with van der Waals surface area (Å²) in [6, 6.07) is 0.340. The van der Waals surface area contributed by atoms with Gasteiger partial charge in [-0.2, -0.15) is 0 Å². The van der Waals surface area contributed by atoms with E-state index in [0.29, 0.717) is 0 Å². The lowest BCUT2D eigenvalue weighted by Crippen LogP contribution is -2.47. The lowest BCUT2D eigenvalue weighted by atomic mass is 9.73. The Morgan fingerprint density at radius 3 is 1.17 bits per heavy atom. The first-order chi connectivity index (χ1) is 19.2. The van der Waals surface area contributed by atoms with Crippen molar-refractivity contribution >= 4 is 37.0 Å². The van der Waals surface area contributed by atoms with Gasteiger partial charge in [-0.1, -0.05) is 108 Å². The number of rotatable bonds is 4. The minimum atomic E-state index is -0.228. The molecule has 0 heterocycles. The van der Waals surface area contributed by atoms with Crippen molar-refractivity contribution in [2.45, 2.75) is 121 Å². The summed E-state index contributed by atoms with van der Waals surface area (Å²) in [6.45, 7) is 25.8. The third kappa shape index (κ3) is 9.35. The number of hydrogen-bond donors (Lipinski definition) is 2. The van der Waals surface area contributed by atoms with Gasteiger partial charge >= 0.3 is 0 Å². The first-order valence-electron chi connectivity index (χ1n) is 15.3. The predicted molar refractivity (Wildman–Crippen MR) is 180 cm³/mol. The molecule has 3 rings (SSSR count). The molecule has 4 nitrogen and oxygen atoms in total. The molecule has 0 aromatic carbocycles. The van der Waals surface area contributed by atoms with Crippen LogP contribution in [0.2, 0.25) is 0 Å². The quantitative estimate of drug-likeness (QED) is 0.248. The number of allylic oxidation sites excluding steroid dienone is 10. The largest absolute Gasteiger partial charge is 0.386 e. The van der Waals surface area contributed by atoms with Crippen molar-refractivity contribution in [3.63, 3.8) is 0 Å². The maximum Gasteiger partial charge on any atom is 0.293 e. The summed E-state index contributed by atoms with van der Waals surface area (Å²) >= 11 is 1.89. The smallest absolute Gasteiger partial charge is 0.293 e. The molecule has 42 heavy (non-hydrogen) atoms. The molecule has 0 amide bonds. The number of nitrogens with one attached hydrogen (secondary N) is 2. The van der Waals surface area contributed by atoms with Crippen LogP contribution in [0, 0.1) is 21.7 Å². The fraction of sp³-hybridized carbons (Fsp3) is 0.611. The first-order valence-corrected chi connectivity index (χ1v) is 17.1. The van der Waals surface area contributed by atoms with E-state index in [1.807, 2.05) is 27.8 Å². The van der Waals surface area contributed by atoms with Gasteiger partial charge in [0.1, 0.15) is 0 Å². The average molecular weight is 609 g/mol. The lowest BCUT2D eigenvalue weighted by molar-refractivity contribution is -0.113. The van der Waals surface area contributed by atoms with E-state index in [9.17, 15) is 9.59 Å². The topological polar surface area (TPSA) is 58.2 Å². The van der Waals surface area contributed by atoms with E-state index in [2.05, 4.69) is 128 Å². The molecular weight excluding hydrogens is 555 g/mol. The normalized spacial score (nSPS) is 24.3. The number of carbonyl (C=O) groups excluding carboxylic acids is 2. The molecule has 2 atom stereocenters. The molecule has 0 saturated heterocycles. The Bertz CT molecular complexity index is 1120. The molecule has 2 N–H and O–H groups in total. The molecule has 0 aliphatic heterocycles. The highest BCUT2D eigenvalue weighted by atomic mass is 35.6. The Morgan fingerprint density at radius 2 is 0.905 bits per heavy atom. The maximum absolute atomic E-state index is 13.5. The summed E-state index contributed by atoms with van der Waals surface area (Å²) in [5.74, 6) is 0.203. The van der Waals surface area contributed by atoms with Gasteiger partial charge in [0, 0.05) is 46.8 Å². The number of Topliss-reactive ketones (excluding diaryl/α,β-unsaturated/α-hetero) is 2. The van der Waals surface area contributed by atoms with Crippen LogP contribution in [0.4, 0.5) is 0 Å². The number of carbonyl (C=O) groups is 2. The fourth-order valence-electron chi connectivity index (χ4n) is 5.42. The van der Waals surface area contributed by atoms with Crippen LogP contribution in [0.25, 0.3) is 0 Å². The van der Waals surface area contributed by atoms with Gasteiger partial charge in [0.15, 0.2) is 11.6 Å². The molecule has 0 bridgehead atoms. The zero-order chi connectivity index (χ0) is 32.3. The minimum Gasteiger partial charge on any atom is -0.386 e. The summed E-state index contributed by atoms with van der Waals surface area (Å²) in [6.07, 6.45) is 16.5. The van der Waals surface area contributed by atoms with E-state index >= 15 is 0 Å². The monoisotopic (exact) mass is 608 g/mol. The van der Waals surface area contributed by atoms with E-state index in [4.69, 9.17) is 0 Å². The molecule has 0 aromatic rings. The second kappa shape index (κ2) is 13.9. The Labute approximate surface area is 268 Å². The van der Waals surface area contributed by atoms with Crippen molar-refractivity contribution in [2.75, 3.05) is 0 Å². The second-order valence-corrected chi connectivity index (χ2v) is 16.0. The zero-order valence-corrected chi connectivity index (χ0v) is 30.1. The molecule has 1 fully saturated rings. The van der Waals surface area contributed by atoms with E-state index in [-0.39, 0.29) is 45.3 Å². The number of ketones is 2. The van der Waals surface area contributed by atoms with E-state index in [0.717, 1.165) is 48.0 Å². The SMILES string of the molecule is CC(C)(C)C1=C/C(=C/N[C@@H]2CCCC[C@H]2N/C=C2/C=C(C(C)(C)C)C=C(C(C)(C)C)C2=O)C(=O)C(C(C)(C)C)=C1.[Al][Cl]. The van der Waals surface area contributed by atoms with Crippen LogP contribution in [0.5, 0.6) is 0 Å². The molecule has 6 heteroatoms. The van der Waals surface area contributed by atoms with Crippen molar-refractivity contribution in [1.29, 1.82) is 0 Å². The summed E-state index contributed by atoms with van der Waals surface area (Å²) in [5.41, 5.74) is 4.95. The standard InChI is InChI=1S/C36H54N2O2.Al.ClH/c1-33(2,3)25-17-23(31(39)27(19-25)35(7,8)9)21-37-29-15-13-14-16-30(29)38-22-24-18-26(34(4,5)6)20-28(32(24)40)36(10,11)12;;/h17-22,29-30,37-38H,13-16H2,1-12H3;;1H/q;+1;/p-1/b23-21-,24-22-;;/t29-,30-;;/m1../s1. The summed E-state index contributed by atoms with van der Waals surface area (Å²) in [4.78, 5) is 27.0. The molecule has 0 unspecified atom stereocenters. The van der Waals surface area contributed by atoms with Crippen LogP contribution in [0.15, 0.2) is 70.1 Å². The summed E-state index contributed by atoms with van der Waals surface area (Å²) < 4.78 is 0. The zero-order valence-electron chi connectivity index (χ0n) is 28.2. The predicted octanol–water partition coefficient (Wildman–Crippen LogP) is 8.61. The Balaban J connectivity index is 0.00000301. The highest BCUT2D eigenvalue weighted by Crippen LogP contribution is 2.39. The van der Waals surface area contributed by atoms with Crippen molar-refractivity contribution in [2.24, 2.45) is 21.7 Å². The van der Waals surface area contributed by atoms with Gasteiger partial charge in [-0.05, 0) is 57.8 Å². The summed E-state index contributed by atoms with van der Waals surface area (Å²) in [7, 11) is 4.56. The van der Waals surface area contributed by atoms with Crippen LogP contribution in [0.1, 0.15) is 109 Å². The Morgan fingerprint density at radius 1 is 0.595 bits per heavy atom. The molecule has 2 radical (unpaired) electrons. The fourth-order valence-corrected chi connectivity index (χ4v) is 5.42. The van der Waals surface area contributed by atoms with E-state index in [1.165, 1.54) is 11.1 Å². The first kappa shape index (κ1) is 36.4. The Hall–Kier alpha value is -1.80. The lowest BCUT2D eigenvalue weighted by Gasteiger charge is -2.34. The Kier molecular flexibility index (Phi) is 12.0. The van der Waals surface area contributed by atoms with Crippen molar-refractivity contribution in [1.82, 2.24) is 10.6 Å². The van der Waals surface area contributed by atoms with Gasteiger partial charge < -0.3 is 10.6 Å². The molecule has 0 spiro atoms. The van der Waals surface area contributed by atoms with E-state index in [1.54, 1.807) is 0 Å². The molecule has 1 saturated carbocycles. The van der Waals surface area contributed by atoms with Crippen LogP contribution >= 0.6 is 10.0 Å². The van der Waals surface area contributed by atoms with Gasteiger partial charge in [0.05, 0.1) is 0 Å². The molecular formula is C36H54AlClN2O2. The molecule has 3 aliphatic carbocycles. The van der Waals surface area contributed by atoms with Crippen LogP contribution < -0.4 is 10.6 Å². The minimum absolute atomic E-state index is 0.0519. The van der Waals surface area contributed by atoms with Crippen molar-refractivity contribution < 1.29 is 9.59 Å². The average Bonchev–Trinajstić information content (AvgIpc) is 2.86. The van der Waals surface area contributed by atoms with Gasteiger partial charge in [0.25, 0.3) is 15.4 Å². The summed E-state index contributed by atoms with van der Waals surface area (Å²) in [5, 5.41) is 7.25. The molecule has 0 aromatic heterocycles. The van der Waals surface area contributed by atoms with Crippen LogP contribution in [0.3, 0.4) is 0 Å². The maximum atomic E-state index is 13.5. The molecule has 3 aliphatic rings. The van der Waals surface area contributed by atoms with Crippen LogP contribution in [-0.4, -0.2) is 39.0 Å². The van der Waals surface area contributed by atoms with E-state index < -0.39 is 0 Å². The van der Waals surface area contributed by atoms with Crippen LogP contribution in [-0.2, 0) is 9.59 Å². The van der Waals surface area contributed by atoms with Gasteiger partial charge in [0.2, 0.25) is 0 Å². The third-order valence-corrected chi connectivity index (χ3v) is 8.26. The third-order valence-electron chi connectivity index (χ3n) is 8.26. The van der Waals surface area contributed by atoms with Crippen molar-refractivity contribution in [3.8, 4) is 0 Å². The highest BCUT2D eigenvalue weighted by Gasteiger charge is 2.33. The second-order valence-electron chi connectivity index (χ2n) is 16.0.